The van der Waals surface area contributed by atoms with E-state index < -0.39 is 0 Å². The van der Waals surface area contributed by atoms with Crippen molar-refractivity contribution in [1.29, 1.82) is 0 Å². The second kappa shape index (κ2) is 5.63. The first kappa shape index (κ1) is 14.3. The molecule has 3 aromatic rings. The van der Waals surface area contributed by atoms with Crippen LogP contribution in [-0.2, 0) is 6.54 Å². The van der Waals surface area contributed by atoms with E-state index >= 15 is 0 Å². The van der Waals surface area contributed by atoms with Crippen molar-refractivity contribution in [3.63, 3.8) is 0 Å². The van der Waals surface area contributed by atoms with Crippen LogP contribution < -0.4 is 11.1 Å². The van der Waals surface area contributed by atoms with Gasteiger partial charge in [0.15, 0.2) is 0 Å². The molecule has 1 aromatic carbocycles. The van der Waals surface area contributed by atoms with Gasteiger partial charge in [0.05, 0.1) is 17.2 Å². The number of halogens is 1. The third-order valence-corrected chi connectivity index (χ3v) is 5.32. The summed E-state index contributed by atoms with van der Waals surface area (Å²) < 4.78 is 0.954. The number of nitrogens with one attached hydrogen (secondary N) is 1. The third-order valence-electron chi connectivity index (χ3n) is 2.99. The van der Waals surface area contributed by atoms with Crippen LogP contribution in [0.1, 0.15) is 19.6 Å². The molecule has 0 fully saturated rings. The Kier molecular flexibility index (Phi) is 3.84. The third kappa shape index (κ3) is 2.88. The van der Waals surface area contributed by atoms with Crippen LogP contribution >= 0.6 is 34.3 Å². The van der Waals surface area contributed by atoms with E-state index in [4.69, 9.17) is 17.3 Å². The van der Waals surface area contributed by atoms with Gasteiger partial charge < -0.3 is 11.1 Å². The van der Waals surface area contributed by atoms with Crippen molar-refractivity contribution in [2.75, 3.05) is 5.73 Å². The maximum Gasteiger partial charge on any atom is 0.263 e. The lowest BCUT2D eigenvalue weighted by molar-refractivity contribution is 0.0956. The smallest absolute Gasteiger partial charge is 0.263 e. The second-order valence-electron chi connectivity index (χ2n) is 4.51. The van der Waals surface area contributed by atoms with Gasteiger partial charge in [-0.3, -0.25) is 4.79 Å². The van der Waals surface area contributed by atoms with Crippen LogP contribution in [0.5, 0.6) is 0 Å². The van der Waals surface area contributed by atoms with E-state index in [1.54, 1.807) is 29.7 Å². The predicted octanol–water partition coefficient (Wildman–Crippen LogP) is 3.83. The number of hydrogen-bond acceptors (Lipinski definition) is 5. The maximum absolute atomic E-state index is 12.3. The molecule has 0 aliphatic rings. The lowest BCUT2D eigenvalue weighted by Crippen LogP contribution is -2.22. The Balaban J connectivity index is 1.82. The van der Waals surface area contributed by atoms with Gasteiger partial charge in [-0.2, -0.15) is 0 Å². The zero-order valence-corrected chi connectivity index (χ0v) is 13.5. The Morgan fingerprint density at radius 3 is 2.95 bits per heavy atom. The lowest BCUT2D eigenvalue weighted by atomic mass is 10.2. The summed E-state index contributed by atoms with van der Waals surface area (Å²) in [7, 11) is 0. The van der Waals surface area contributed by atoms with Crippen molar-refractivity contribution in [3.05, 3.63) is 44.2 Å². The van der Waals surface area contributed by atoms with E-state index in [2.05, 4.69) is 10.3 Å². The molecule has 0 atom stereocenters. The molecule has 21 heavy (non-hydrogen) atoms. The summed E-state index contributed by atoms with van der Waals surface area (Å²) in [6, 6.07) is 5.45. The fraction of sp³-hybridized carbons (Fsp3) is 0.143. The minimum Gasteiger partial charge on any atom is -0.397 e. The molecule has 7 heteroatoms. The van der Waals surface area contributed by atoms with Crippen LogP contribution in [0.15, 0.2) is 24.4 Å². The molecule has 0 saturated heterocycles. The summed E-state index contributed by atoms with van der Waals surface area (Å²) in [6.45, 7) is 2.39. The topological polar surface area (TPSA) is 68.0 Å². The highest BCUT2D eigenvalue weighted by atomic mass is 35.5. The molecule has 0 aliphatic carbocycles. The molecule has 0 bridgehead atoms. The molecule has 0 radical (unpaired) electrons. The van der Waals surface area contributed by atoms with Gasteiger partial charge in [-0.25, -0.2) is 4.98 Å². The number of benzene rings is 1. The number of thiophene rings is 1. The number of aryl methyl sites for hydroxylation is 1. The molecule has 2 heterocycles. The van der Waals surface area contributed by atoms with Gasteiger partial charge in [0, 0.05) is 26.2 Å². The summed E-state index contributed by atoms with van der Waals surface area (Å²) in [4.78, 5) is 18.0. The van der Waals surface area contributed by atoms with E-state index in [0.29, 0.717) is 22.1 Å². The van der Waals surface area contributed by atoms with Crippen LogP contribution in [-0.4, -0.2) is 10.9 Å². The number of anilines is 1. The van der Waals surface area contributed by atoms with Gasteiger partial charge in [-0.05, 0) is 25.1 Å². The fourth-order valence-electron chi connectivity index (χ4n) is 1.99. The summed E-state index contributed by atoms with van der Waals surface area (Å²) in [5, 5.41) is 5.29. The standard InChI is InChI=1S/C14H12ClN3OS2/c1-7-17-5-9(20-7)6-18-14(19)13-12(16)10-4-8(15)2-3-11(10)21-13/h2-5H,6,16H2,1H3,(H,18,19). The highest BCUT2D eigenvalue weighted by molar-refractivity contribution is 7.21. The van der Waals surface area contributed by atoms with Crippen molar-refractivity contribution in [2.24, 2.45) is 0 Å². The normalized spacial score (nSPS) is 11.0. The Bertz CT molecular complexity index is 825. The number of thiazole rings is 1. The zero-order chi connectivity index (χ0) is 15.0. The number of hydrogen-bond donors (Lipinski definition) is 2. The van der Waals surface area contributed by atoms with Crippen LogP contribution in [0.2, 0.25) is 5.02 Å². The van der Waals surface area contributed by atoms with Crippen LogP contribution in [0.25, 0.3) is 10.1 Å². The first-order valence-electron chi connectivity index (χ1n) is 6.21. The molecule has 0 spiro atoms. The second-order valence-corrected chi connectivity index (χ2v) is 7.32. The summed E-state index contributed by atoms with van der Waals surface area (Å²) in [6.07, 6.45) is 1.77. The van der Waals surface area contributed by atoms with E-state index in [-0.39, 0.29) is 5.91 Å². The largest absolute Gasteiger partial charge is 0.397 e. The van der Waals surface area contributed by atoms with E-state index in [9.17, 15) is 4.79 Å². The first-order chi connectivity index (χ1) is 10.0. The van der Waals surface area contributed by atoms with E-state index in [1.807, 2.05) is 13.0 Å². The summed E-state index contributed by atoms with van der Waals surface area (Å²) in [5.41, 5.74) is 6.54. The van der Waals surface area contributed by atoms with Gasteiger partial charge in [0.1, 0.15) is 4.88 Å². The lowest BCUT2D eigenvalue weighted by Gasteiger charge is -2.02. The Morgan fingerprint density at radius 1 is 1.43 bits per heavy atom. The van der Waals surface area contributed by atoms with Crippen molar-refractivity contribution in [2.45, 2.75) is 13.5 Å². The van der Waals surface area contributed by atoms with Gasteiger partial charge >= 0.3 is 0 Å². The molecule has 0 aliphatic heterocycles. The first-order valence-corrected chi connectivity index (χ1v) is 8.22. The maximum atomic E-state index is 12.3. The molecule has 0 saturated carbocycles. The number of amides is 1. The van der Waals surface area contributed by atoms with Crippen molar-refractivity contribution in [1.82, 2.24) is 10.3 Å². The van der Waals surface area contributed by atoms with Crippen molar-refractivity contribution < 1.29 is 4.79 Å². The predicted molar refractivity (Wildman–Crippen MR) is 89.3 cm³/mol. The van der Waals surface area contributed by atoms with Gasteiger partial charge in [0.25, 0.3) is 5.91 Å². The average Bonchev–Trinajstić information content (AvgIpc) is 3.01. The minimum absolute atomic E-state index is 0.170. The monoisotopic (exact) mass is 337 g/mol. The fourth-order valence-corrected chi connectivity index (χ4v) is 3.92. The molecule has 2 aromatic heterocycles. The number of rotatable bonds is 3. The van der Waals surface area contributed by atoms with Crippen molar-refractivity contribution in [3.8, 4) is 0 Å². The molecule has 1 amide bonds. The summed E-state index contributed by atoms with van der Waals surface area (Å²) in [5.74, 6) is -0.170. The van der Waals surface area contributed by atoms with Crippen LogP contribution in [0.4, 0.5) is 5.69 Å². The molecule has 0 unspecified atom stereocenters. The molecular formula is C14H12ClN3OS2. The Labute approximate surface area is 134 Å². The number of nitrogens with two attached hydrogens (primary N) is 1. The molecule has 3 rings (SSSR count). The van der Waals surface area contributed by atoms with Gasteiger partial charge in [-0.15, -0.1) is 22.7 Å². The van der Waals surface area contributed by atoms with Crippen LogP contribution in [0.3, 0.4) is 0 Å². The number of nitrogens with zero attached hydrogens (tertiary/aromatic N) is 1. The van der Waals surface area contributed by atoms with E-state index in [0.717, 1.165) is 20.0 Å². The Hall–Kier alpha value is -1.63. The van der Waals surface area contributed by atoms with Crippen molar-refractivity contribution >= 4 is 56.0 Å². The minimum atomic E-state index is -0.170. The molecular weight excluding hydrogens is 326 g/mol. The molecule has 4 nitrogen and oxygen atoms in total. The number of aromatic nitrogens is 1. The highest BCUT2D eigenvalue weighted by Gasteiger charge is 2.16. The van der Waals surface area contributed by atoms with E-state index in [1.165, 1.54) is 11.3 Å². The molecule has 108 valence electrons. The number of nitrogen functional groups attached to an aromatic ring is 1. The molecule has 3 N–H and O–H groups in total. The zero-order valence-electron chi connectivity index (χ0n) is 11.1. The number of carbonyl (C=O) groups excluding carboxylic acids is 1. The number of fused-ring (bicyclic) bond motifs is 1. The SMILES string of the molecule is Cc1ncc(CNC(=O)c2sc3ccc(Cl)cc3c2N)s1. The highest BCUT2D eigenvalue weighted by Crippen LogP contribution is 2.35. The van der Waals surface area contributed by atoms with Gasteiger partial charge in [0.2, 0.25) is 0 Å². The van der Waals surface area contributed by atoms with Crippen LogP contribution in [0, 0.1) is 6.92 Å². The summed E-state index contributed by atoms with van der Waals surface area (Å²) >= 11 is 8.90. The quantitative estimate of drug-likeness (QED) is 0.763. The number of carbonyl (C=O) groups is 1. The average molecular weight is 338 g/mol. The Morgan fingerprint density at radius 2 is 2.24 bits per heavy atom. The van der Waals surface area contributed by atoms with Gasteiger partial charge in [-0.1, -0.05) is 11.6 Å².